The van der Waals surface area contributed by atoms with E-state index in [1.165, 1.54) is 16.4 Å². The molecule has 0 unspecified atom stereocenters. The molecule has 0 aliphatic carbocycles. The first-order valence-corrected chi connectivity index (χ1v) is 10.9. The maximum atomic E-state index is 12.7. The van der Waals surface area contributed by atoms with Crippen LogP contribution in [0.1, 0.15) is 17.8 Å². The zero-order chi connectivity index (χ0) is 18.7. The van der Waals surface area contributed by atoms with Crippen molar-refractivity contribution in [2.24, 2.45) is 0 Å². The number of carbonyl (C=O) groups is 1. The molecule has 1 saturated heterocycles. The molecule has 1 aromatic carbocycles. The van der Waals surface area contributed by atoms with Crippen molar-refractivity contribution < 1.29 is 13.2 Å². The van der Waals surface area contributed by atoms with Crippen molar-refractivity contribution in [1.29, 1.82) is 0 Å². The summed E-state index contributed by atoms with van der Waals surface area (Å²) in [5.74, 6) is 0. The second-order valence-corrected chi connectivity index (χ2v) is 9.39. The quantitative estimate of drug-likeness (QED) is 0.836. The third kappa shape index (κ3) is 4.20. The van der Waals surface area contributed by atoms with Crippen LogP contribution in [0, 0.1) is 0 Å². The minimum absolute atomic E-state index is 0.0710. The topological polar surface area (TPSA) is 69.7 Å². The van der Waals surface area contributed by atoms with E-state index >= 15 is 0 Å². The molecule has 2 aromatic rings. The highest BCUT2D eigenvalue weighted by Gasteiger charge is 2.30. The number of piperazine rings is 1. The van der Waals surface area contributed by atoms with Gasteiger partial charge in [-0.2, -0.15) is 4.31 Å². The number of nitrogens with one attached hydrogen (secondary N) is 1. The monoisotopic (exact) mass is 413 g/mol. The van der Waals surface area contributed by atoms with Gasteiger partial charge in [0.25, 0.3) is 0 Å². The Balaban J connectivity index is 1.58. The summed E-state index contributed by atoms with van der Waals surface area (Å²) in [4.78, 5) is 15.4. The zero-order valence-electron chi connectivity index (χ0n) is 14.3. The molecule has 0 bridgehead atoms. The first kappa shape index (κ1) is 19.2. The number of thiophene rings is 1. The molecule has 1 atom stereocenters. The maximum absolute atomic E-state index is 12.7. The molecule has 1 aliphatic heterocycles. The number of benzene rings is 1. The SMILES string of the molecule is C[C@@H](NC(=O)N1CCN(S(=O)(=O)c2ccc(Cl)cc2)CC1)c1cccs1. The third-order valence-corrected chi connectivity index (χ3v) is 7.51. The van der Waals surface area contributed by atoms with Crippen LogP contribution < -0.4 is 5.32 Å². The molecule has 1 aromatic heterocycles. The fourth-order valence-corrected chi connectivity index (χ4v) is 5.06. The van der Waals surface area contributed by atoms with Gasteiger partial charge in [-0.25, -0.2) is 13.2 Å². The van der Waals surface area contributed by atoms with Crippen LogP contribution in [0.15, 0.2) is 46.7 Å². The minimum atomic E-state index is -3.57. The third-order valence-electron chi connectivity index (χ3n) is 4.29. The van der Waals surface area contributed by atoms with Gasteiger partial charge in [0.2, 0.25) is 10.0 Å². The number of carbonyl (C=O) groups excluding carboxylic acids is 1. The van der Waals surface area contributed by atoms with Crippen molar-refractivity contribution in [3.05, 3.63) is 51.7 Å². The van der Waals surface area contributed by atoms with Crippen molar-refractivity contribution in [1.82, 2.24) is 14.5 Å². The highest BCUT2D eigenvalue weighted by molar-refractivity contribution is 7.89. The minimum Gasteiger partial charge on any atom is -0.331 e. The number of amides is 2. The van der Waals surface area contributed by atoms with E-state index in [1.807, 2.05) is 24.4 Å². The molecule has 2 heterocycles. The van der Waals surface area contributed by atoms with Gasteiger partial charge in [-0.3, -0.25) is 0 Å². The Hall–Kier alpha value is -1.61. The molecule has 6 nitrogen and oxygen atoms in total. The second kappa shape index (κ2) is 7.96. The number of nitrogens with zero attached hydrogens (tertiary/aromatic N) is 2. The van der Waals surface area contributed by atoms with Gasteiger partial charge in [-0.1, -0.05) is 17.7 Å². The highest BCUT2D eigenvalue weighted by atomic mass is 35.5. The lowest BCUT2D eigenvalue weighted by atomic mass is 10.3. The summed E-state index contributed by atoms with van der Waals surface area (Å²) in [7, 11) is -3.57. The molecule has 140 valence electrons. The van der Waals surface area contributed by atoms with Gasteiger partial charge in [0.05, 0.1) is 10.9 Å². The summed E-state index contributed by atoms with van der Waals surface area (Å²) in [6.45, 7) is 3.19. The number of rotatable bonds is 4. The fraction of sp³-hybridized carbons (Fsp3) is 0.353. The van der Waals surface area contributed by atoms with E-state index in [9.17, 15) is 13.2 Å². The number of hydrogen-bond donors (Lipinski definition) is 1. The maximum Gasteiger partial charge on any atom is 0.317 e. The van der Waals surface area contributed by atoms with E-state index in [0.29, 0.717) is 18.1 Å². The molecular formula is C17H20ClN3O3S2. The van der Waals surface area contributed by atoms with E-state index in [1.54, 1.807) is 28.4 Å². The molecule has 9 heteroatoms. The lowest BCUT2D eigenvalue weighted by Gasteiger charge is -2.34. The average molecular weight is 414 g/mol. The van der Waals surface area contributed by atoms with Gasteiger partial charge in [-0.05, 0) is 42.6 Å². The molecule has 1 fully saturated rings. The Morgan fingerprint density at radius 3 is 2.38 bits per heavy atom. The van der Waals surface area contributed by atoms with Gasteiger partial charge in [-0.15, -0.1) is 11.3 Å². The van der Waals surface area contributed by atoms with Crippen LogP contribution in [0.4, 0.5) is 4.79 Å². The second-order valence-electron chi connectivity index (χ2n) is 6.03. The smallest absolute Gasteiger partial charge is 0.317 e. The normalized spacial score (nSPS) is 17.1. The Morgan fingerprint density at radius 2 is 1.81 bits per heavy atom. The van der Waals surface area contributed by atoms with E-state index in [4.69, 9.17) is 11.6 Å². The molecule has 1 aliphatic rings. The van der Waals surface area contributed by atoms with Crippen LogP contribution in [0.5, 0.6) is 0 Å². The van der Waals surface area contributed by atoms with Crippen molar-refractivity contribution in [2.75, 3.05) is 26.2 Å². The Morgan fingerprint density at radius 1 is 1.15 bits per heavy atom. The first-order valence-electron chi connectivity index (χ1n) is 8.22. The van der Waals surface area contributed by atoms with Gasteiger partial charge in [0, 0.05) is 36.1 Å². The summed E-state index contributed by atoms with van der Waals surface area (Å²) < 4.78 is 26.8. The molecule has 26 heavy (non-hydrogen) atoms. The summed E-state index contributed by atoms with van der Waals surface area (Å²) in [6.07, 6.45) is 0. The van der Waals surface area contributed by atoms with E-state index in [2.05, 4.69) is 5.32 Å². The Labute approximate surface area is 162 Å². The molecule has 0 radical (unpaired) electrons. The van der Waals surface area contributed by atoms with Gasteiger partial charge < -0.3 is 10.2 Å². The Bertz CT molecular complexity index is 846. The van der Waals surface area contributed by atoms with Crippen LogP contribution in [-0.2, 0) is 10.0 Å². The van der Waals surface area contributed by atoms with Crippen molar-refractivity contribution >= 4 is 39.0 Å². The number of urea groups is 1. The lowest BCUT2D eigenvalue weighted by molar-refractivity contribution is 0.169. The van der Waals surface area contributed by atoms with E-state index < -0.39 is 10.0 Å². The van der Waals surface area contributed by atoms with Crippen LogP contribution in [0.2, 0.25) is 5.02 Å². The van der Waals surface area contributed by atoms with Gasteiger partial charge in [0.1, 0.15) is 0 Å². The van der Waals surface area contributed by atoms with Gasteiger partial charge >= 0.3 is 6.03 Å². The Kier molecular flexibility index (Phi) is 5.86. The molecule has 0 saturated carbocycles. The summed E-state index contributed by atoms with van der Waals surface area (Å²) in [6, 6.07) is 9.80. The molecule has 1 N–H and O–H groups in total. The molecule has 2 amide bonds. The van der Waals surface area contributed by atoms with Crippen LogP contribution in [0.3, 0.4) is 0 Å². The van der Waals surface area contributed by atoms with Crippen molar-refractivity contribution in [3.63, 3.8) is 0 Å². The zero-order valence-corrected chi connectivity index (χ0v) is 16.6. The lowest BCUT2D eigenvalue weighted by Crippen LogP contribution is -2.53. The molecule has 3 rings (SSSR count). The summed E-state index contributed by atoms with van der Waals surface area (Å²) in [5.41, 5.74) is 0. The summed E-state index contributed by atoms with van der Waals surface area (Å²) >= 11 is 7.41. The van der Waals surface area contributed by atoms with Crippen molar-refractivity contribution in [2.45, 2.75) is 17.9 Å². The average Bonchev–Trinajstić information content (AvgIpc) is 3.17. The predicted octanol–water partition coefficient (Wildman–Crippen LogP) is 3.18. The molecule has 0 spiro atoms. The van der Waals surface area contributed by atoms with Crippen LogP contribution in [-0.4, -0.2) is 49.8 Å². The van der Waals surface area contributed by atoms with Crippen LogP contribution >= 0.6 is 22.9 Å². The van der Waals surface area contributed by atoms with Gasteiger partial charge in [0.15, 0.2) is 0 Å². The highest BCUT2D eigenvalue weighted by Crippen LogP contribution is 2.21. The van der Waals surface area contributed by atoms with Crippen molar-refractivity contribution in [3.8, 4) is 0 Å². The van der Waals surface area contributed by atoms with Crippen LogP contribution in [0.25, 0.3) is 0 Å². The number of halogens is 1. The first-order chi connectivity index (χ1) is 12.4. The standard InChI is InChI=1S/C17H20ClN3O3S2/c1-13(16-3-2-12-25-16)19-17(22)20-8-10-21(11-9-20)26(23,24)15-6-4-14(18)5-7-15/h2-7,12-13H,8-11H2,1H3,(H,19,22)/t13-/m1/s1. The summed E-state index contributed by atoms with van der Waals surface area (Å²) in [5, 5.41) is 5.42. The largest absolute Gasteiger partial charge is 0.331 e. The molecular weight excluding hydrogens is 394 g/mol. The fourth-order valence-electron chi connectivity index (χ4n) is 2.77. The van der Waals surface area contributed by atoms with E-state index in [-0.39, 0.29) is 30.1 Å². The number of hydrogen-bond acceptors (Lipinski definition) is 4. The van der Waals surface area contributed by atoms with E-state index in [0.717, 1.165) is 4.88 Å². The predicted molar refractivity (Wildman–Crippen MR) is 103 cm³/mol. The number of sulfonamides is 1.